The van der Waals surface area contributed by atoms with Crippen LogP contribution in [0.1, 0.15) is 31.2 Å². The number of alkyl halides is 2. The van der Waals surface area contributed by atoms with Crippen LogP contribution in [0.25, 0.3) is 16.2 Å². The van der Waals surface area contributed by atoms with Crippen molar-refractivity contribution in [3.05, 3.63) is 23.5 Å². The summed E-state index contributed by atoms with van der Waals surface area (Å²) < 4.78 is 62.3. The van der Waals surface area contributed by atoms with E-state index >= 15 is 0 Å². The maximum Gasteiger partial charge on any atom is 0.291 e. The number of fused-ring (bicyclic) bond motifs is 1. The Morgan fingerprint density at radius 2 is 2.14 bits per heavy atom. The lowest BCUT2D eigenvalue weighted by Crippen LogP contribution is -2.57. The van der Waals surface area contributed by atoms with E-state index in [9.17, 15) is 22.5 Å². The minimum absolute atomic E-state index is 0.000594. The van der Waals surface area contributed by atoms with E-state index in [1.165, 1.54) is 17.0 Å². The summed E-state index contributed by atoms with van der Waals surface area (Å²) in [7, 11) is -2.46. The molecule has 0 bridgehead atoms. The highest BCUT2D eigenvalue weighted by Gasteiger charge is 2.47. The fraction of sp³-hybridized carbons (Fsp3) is 0.524. The van der Waals surface area contributed by atoms with Gasteiger partial charge in [0.25, 0.3) is 6.43 Å². The number of nitrogens with one attached hydrogen (secondary N) is 2. The second-order valence-electron chi connectivity index (χ2n) is 9.07. The van der Waals surface area contributed by atoms with E-state index in [0.29, 0.717) is 60.6 Å². The number of methoxy groups -OCH3 is 1. The molecule has 0 spiro atoms. The zero-order chi connectivity index (χ0) is 25.7. The summed E-state index contributed by atoms with van der Waals surface area (Å²) in [4.78, 5) is 6.48. The standard InChI is InChI=1S/C21H24F2N8O3S2/c1-12-7-30(8-13(26-12)9-34-2)15-5-14(36(32,33)29-21(10-24)3-4-21)6-16-17(15)25-11-31(16)20-28-27-19(35-20)18(22)23/h5-6,11-13,18,26,29H,3-4,7-9H2,1-2H3/t12-,13+/m1/s1. The number of nitrogens with zero attached hydrogens (tertiary/aromatic N) is 6. The van der Waals surface area contributed by atoms with Crippen molar-refractivity contribution in [3.63, 3.8) is 0 Å². The lowest BCUT2D eigenvalue weighted by Gasteiger charge is -2.39. The van der Waals surface area contributed by atoms with Gasteiger partial charge < -0.3 is 15.0 Å². The number of anilines is 1. The average Bonchev–Trinajstić information content (AvgIpc) is 3.22. The Morgan fingerprint density at radius 3 is 2.78 bits per heavy atom. The number of sulfonamides is 1. The third-order valence-electron chi connectivity index (χ3n) is 6.20. The van der Waals surface area contributed by atoms with Crippen molar-refractivity contribution in [1.82, 2.24) is 29.8 Å². The number of hydrogen-bond acceptors (Lipinski definition) is 10. The van der Waals surface area contributed by atoms with E-state index in [2.05, 4.69) is 25.2 Å². The van der Waals surface area contributed by atoms with Gasteiger partial charge in [-0.15, -0.1) is 10.2 Å². The smallest absolute Gasteiger partial charge is 0.291 e. The normalized spacial score (nSPS) is 21.7. The van der Waals surface area contributed by atoms with Crippen LogP contribution in [0.15, 0.2) is 23.4 Å². The molecule has 36 heavy (non-hydrogen) atoms. The van der Waals surface area contributed by atoms with Crippen LogP contribution in [-0.2, 0) is 14.8 Å². The van der Waals surface area contributed by atoms with Crippen LogP contribution in [0.4, 0.5) is 14.5 Å². The summed E-state index contributed by atoms with van der Waals surface area (Å²) in [5, 5.41) is 20.0. The van der Waals surface area contributed by atoms with Crippen LogP contribution < -0.4 is 14.9 Å². The molecular formula is C21H24F2N8O3S2. The molecule has 15 heteroatoms. The van der Waals surface area contributed by atoms with Gasteiger partial charge in [0.15, 0.2) is 5.01 Å². The maximum absolute atomic E-state index is 13.4. The third kappa shape index (κ3) is 4.66. The molecule has 0 amide bonds. The van der Waals surface area contributed by atoms with Crippen molar-refractivity contribution in [2.75, 3.05) is 31.7 Å². The van der Waals surface area contributed by atoms with E-state index < -0.39 is 27.0 Å². The van der Waals surface area contributed by atoms with E-state index in [-0.39, 0.29) is 22.1 Å². The van der Waals surface area contributed by atoms with Crippen LogP contribution in [0, 0.1) is 11.3 Å². The number of halogens is 2. The molecule has 1 saturated carbocycles. The zero-order valence-corrected chi connectivity index (χ0v) is 21.1. The predicted molar refractivity (Wildman–Crippen MR) is 128 cm³/mol. The average molecular weight is 539 g/mol. The van der Waals surface area contributed by atoms with Gasteiger partial charge in [-0.2, -0.15) is 9.98 Å². The van der Waals surface area contributed by atoms with Gasteiger partial charge in [-0.3, -0.25) is 4.57 Å². The minimum Gasteiger partial charge on any atom is -0.383 e. The number of rotatable bonds is 8. The molecule has 5 rings (SSSR count). The molecule has 0 radical (unpaired) electrons. The van der Waals surface area contributed by atoms with Crippen LogP contribution >= 0.6 is 11.3 Å². The number of nitriles is 1. The molecule has 2 fully saturated rings. The zero-order valence-electron chi connectivity index (χ0n) is 19.5. The van der Waals surface area contributed by atoms with Gasteiger partial charge in [-0.25, -0.2) is 22.2 Å². The molecule has 2 N–H and O–H groups in total. The minimum atomic E-state index is -4.08. The second kappa shape index (κ2) is 9.27. The third-order valence-corrected chi connectivity index (χ3v) is 8.64. The number of ether oxygens (including phenoxy) is 1. The summed E-state index contributed by atoms with van der Waals surface area (Å²) in [5.74, 6) is 0. The first-order valence-electron chi connectivity index (χ1n) is 11.2. The van der Waals surface area contributed by atoms with Gasteiger partial charge in [-0.1, -0.05) is 11.3 Å². The molecule has 1 saturated heterocycles. The van der Waals surface area contributed by atoms with Crippen molar-refractivity contribution in [3.8, 4) is 11.2 Å². The van der Waals surface area contributed by atoms with Gasteiger partial charge in [0, 0.05) is 32.3 Å². The van der Waals surface area contributed by atoms with E-state index in [0.717, 1.165) is 0 Å². The molecular weight excluding hydrogens is 514 g/mol. The molecule has 0 unspecified atom stereocenters. The summed E-state index contributed by atoms with van der Waals surface area (Å²) in [6.45, 7) is 3.59. The Balaban J connectivity index is 1.64. The van der Waals surface area contributed by atoms with Gasteiger partial charge in [0.2, 0.25) is 15.2 Å². The first-order valence-corrected chi connectivity index (χ1v) is 13.5. The monoisotopic (exact) mass is 538 g/mol. The van der Waals surface area contributed by atoms with Gasteiger partial charge >= 0.3 is 0 Å². The molecule has 2 atom stereocenters. The number of benzene rings is 1. The molecule has 1 aliphatic heterocycles. The maximum atomic E-state index is 13.4. The Morgan fingerprint density at radius 1 is 1.36 bits per heavy atom. The summed E-state index contributed by atoms with van der Waals surface area (Å²) in [6, 6.07) is 5.08. The fourth-order valence-electron chi connectivity index (χ4n) is 4.39. The van der Waals surface area contributed by atoms with Crippen LogP contribution in [-0.4, -0.2) is 72.6 Å². The molecule has 1 aromatic carbocycles. The summed E-state index contributed by atoms with van der Waals surface area (Å²) in [5.41, 5.74) is 0.337. The first-order chi connectivity index (χ1) is 17.1. The Hall–Kier alpha value is -2.77. The SMILES string of the molecule is COC[C@@H]1CN(c2cc(S(=O)(=O)NC3(C#N)CC3)cc3c2ncn3-c2nnc(C(F)F)s2)C[C@@H](C)N1. The number of piperazine rings is 1. The number of hydrogen-bond donors (Lipinski definition) is 2. The van der Waals surface area contributed by atoms with E-state index in [1.807, 2.05) is 17.9 Å². The predicted octanol–water partition coefficient (Wildman–Crippen LogP) is 1.96. The molecule has 11 nitrogen and oxygen atoms in total. The lowest BCUT2D eigenvalue weighted by atomic mass is 10.1. The van der Waals surface area contributed by atoms with Crippen molar-refractivity contribution in [2.45, 2.75) is 48.7 Å². The van der Waals surface area contributed by atoms with Crippen molar-refractivity contribution >= 4 is 38.1 Å². The van der Waals surface area contributed by atoms with Crippen molar-refractivity contribution < 1.29 is 21.9 Å². The van der Waals surface area contributed by atoms with Crippen molar-refractivity contribution in [2.24, 2.45) is 0 Å². The van der Waals surface area contributed by atoms with Gasteiger partial charge in [0.05, 0.1) is 28.8 Å². The highest BCUT2D eigenvalue weighted by Crippen LogP contribution is 2.38. The van der Waals surface area contributed by atoms with E-state index in [1.54, 1.807) is 13.2 Å². The quantitative estimate of drug-likeness (QED) is 0.441. The highest BCUT2D eigenvalue weighted by atomic mass is 32.2. The topological polar surface area (TPSA) is 138 Å². The van der Waals surface area contributed by atoms with Gasteiger partial charge in [-0.05, 0) is 31.9 Å². The van der Waals surface area contributed by atoms with Crippen LogP contribution in [0.5, 0.6) is 0 Å². The highest BCUT2D eigenvalue weighted by molar-refractivity contribution is 7.89. The summed E-state index contributed by atoms with van der Waals surface area (Å²) >= 11 is 0.702. The molecule has 3 heterocycles. The fourth-order valence-corrected chi connectivity index (χ4v) is 6.49. The molecule has 2 aliphatic rings. The lowest BCUT2D eigenvalue weighted by molar-refractivity contribution is 0.150. The first kappa shape index (κ1) is 24.9. The molecule has 192 valence electrons. The number of aromatic nitrogens is 4. The van der Waals surface area contributed by atoms with Crippen LogP contribution in [0.3, 0.4) is 0 Å². The Kier molecular flexibility index (Phi) is 6.41. The number of imidazole rings is 1. The van der Waals surface area contributed by atoms with Crippen LogP contribution in [0.2, 0.25) is 0 Å². The van der Waals surface area contributed by atoms with E-state index in [4.69, 9.17) is 4.74 Å². The van der Waals surface area contributed by atoms with Crippen molar-refractivity contribution in [1.29, 1.82) is 5.26 Å². The molecule has 2 aromatic heterocycles. The van der Waals surface area contributed by atoms with Gasteiger partial charge in [0.1, 0.15) is 17.4 Å². The molecule has 1 aliphatic carbocycles. The summed E-state index contributed by atoms with van der Waals surface area (Å²) in [6.07, 6.45) is -0.484. The Labute approximate surface area is 210 Å². The molecule has 3 aromatic rings. The largest absolute Gasteiger partial charge is 0.383 e. The second-order valence-corrected chi connectivity index (χ2v) is 11.7. The Bertz CT molecular complexity index is 1430.